The number of fused-ring (bicyclic) bond motifs is 5. The first-order valence-corrected chi connectivity index (χ1v) is 9.96. The van der Waals surface area contributed by atoms with Crippen molar-refractivity contribution >= 4 is 11.6 Å². The van der Waals surface area contributed by atoms with Gasteiger partial charge in [0.05, 0.1) is 6.10 Å². The van der Waals surface area contributed by atoms with Crippen LogP contribution >= 0.6 is 0 Å². The largest absolute Gasteiger partial charge is 0.392 e. The second kappa shape index (κ2) is 5.73. The second-order valence-corrected chi connectivity index (χ2v) is 9.55. The Kier molecular flexibility index (Phi) is 4.04. The van der Waals surface area contributed by atoms with Crippen LogP contribution in [0.3, 0.4) is 0 Å². The molecule has 0 aromatic heterocycles. The molecule has 3 saturated carbocycles. The van der Waals surface area contributed by atoms with E-state index in [-0.39, 0.29) is 29.0 Å². The van der Waals surface area contributed by atoms with Crippen LogP contribution in [0.15, 0.2) is 11.6 Å². The van der Waals surface area contributed by atoms with E-state index in [1.807, 2.05) is 6.92 Å². The number of rotatable bonds is 2. The minimum absolute atomic E-state index is 0.0321. The van der Waals surface area contributed by atoms with Gasteiger partial charge in [-0.05, 0) is 67.8 Å². The molecule has 4 aliphatic carbocycles. The fourth-order valence-electron chi connectivity index (χ4n) is 7.13. The lowest BCUT2D eigenvalue weighted by Crippen LogP contribution is -2.60. The molecule has 0 spiro atoms. The number of hydrogen-bond donors (Lipinski definition) is 3. The lowest BCUT2D eigenvalue weighted by molar-refractivity contribution is -0.172. The molecule has 1 unspecified atom stereocenters. The number of carbonyl (C=O) groups excluding carboxylic acids is 2. The molecule has 3 fully saturated rings. The second-order valence-electron chi connectivity index (χ2n) is 9.55. The van der Waals surface area contributed by atoms with Gasteiger partial charge in [-0.2, -0.15) is 0 Å². The molecule has 3 N–H and O–H groups in total. The summed E-state index contributed by atoms with van der Waals surface area (Å²) >= 11 is 0. The van der Waals surface area contributed by atoms with Crippen molar-refractivity contribution in [3.8, 4) is 0 Å². The van der Waals surface area contributed by atoms with Crippen LogP contribution in [-0.2, 0) is 9.59 Å². The SMILES string of the molecule is C[C@]12CCC(=O)C=C1CC(O)[C@H]1[C@@H]2CC[C@@]2(C)[C@H]1CC[C@]2(O)C(=O)CO. The highest BCUT2D eigenvalue weighted by molar-refractivity contribution is 5.91. The van der Waals surface area contributed by atoms with E-state index in [0.717, 1.165) is 18.4 Å². The van der Waals surface area contributed by atoms with Crippen molar-refractivity contribution in [1.29, 1.82) is 0 Å². The lowest BCUT2D eigenvalue weighted by Gasteiger charge is -2.60. The molecule has 5 heteroatoms. The van der Waals surface area contributed by atoms with E-state index in [4.69, 9.17) is 0 Å². The zero-order valence-electron chi connectivity index (χ0n) is 15.7. The molecule has 7 atom stereocenters. The zero-order valence-corrected chi connectivity index (χ0v) is 15.7. The number of hydrogen-bond acceptors (Lipinski definition) is 5. The average Bonchev–Trinajstić information content (AvgIpc) is 2.88. The van der Waals surface area contributed by atoms with Crippen molar-refractivity contribution < 1.29 is 24.9 Å². The third-order valence-corrected chi connectivity index (χ3v) is 8.74. The topological polar surface area (TPSA) is 94.8 Å². The molecule has 26 heavy (non-hydrogen) atoms. The molecule has 0 aromatic rings. The van der Waals surface area contributed by atoms with Crippen molar-refractivity contribution in [1.82, 2.24) is 0 Å². The smallest absolute Gasteiger partial charge is 0.190 e. The van der Waals surface area contributed by atoms with E-state index >= 15 is 0 Å². The summed E-state index contributed by atoms with van der Waals surface area (Å²) in [5, 5.41) is 31.5. The third-order valence-electron chi connectivity index (χ3n) is 8.74. The van der Waals surface area contributed by atoms with Crippen molar-refractivity contribution in [3.63, 3.8) is 0 Å². The Balaban J connectivity index is 1.73. The van der Waals surface area contributed by atoms with E-state index in [1.54, 1.807) is 6.08 Å². The lowest BCUT2D eigenvalue weighted by atomic mass is 9.45. The Labute approximate surface area is 154 Å². The Morgan fingerprint density at radius 3 is 2.58 bits per heavy atom. The molecule has 4 rings (SSSR count). The number of aliphatic hydroxyl groups is 3. The molecule has 0 aliphatic heterocycles. The highest BCUT2D eigenvalue weighted by Gasteiger charge is 2.67. The molecular weight excluding hydrogens is 332 g/mol. The van der Waals surface area contributed by atoms with Crippen molar-refractivity contribution in [2.75, 3.05) is 6.61 Å². The zero-order chi connectivity index (χ0) is 18.9. The summed E-state index contributed by atoms with van der Waals surface area (Å²) in [6, 6.07) is 0. The minimum atomic E-state index is -1.49. The van der Waals surface area contributed by atoms with Gasteiger partial charge in [0, 0.05) is 11.8 Å². The number of ketones is 2. The maximum absolute atomic E-state index is 12.4. The van der Waals surface area contributed by atoms with Gasteiger partial charge in [0.1, 0.15) is 12.2 Å². The van der Waals surface area contributed by atoms with Crippen LogP contribution in [0.1, 0.15) is 58.8 Å². The van der Waals surface area contributed by atoms with E-state index < -0.39 is 29.5 Å². The first-order valence-electron chi connectivity index (χ1n) is 9.96. The monoisotopic (exact) mass is 362 g/mol. The number of carbonyl (C=O) groups is 2. The molecule has 0 amide bonds. The maximum Gasteiger partial charge on any atom is 0.190 e. The third kappa shape index (κ3) is 2.14. The minimum Gasteiger partial charge on any atom is -0.392 e. The van der Waals surface area contributed by atoms with Crippen LogP contribution in [0.25, 0.3) is 0 Å². The van der Waals surface area contributed by atoms with Gasteiger partial charge < -0.3 is 15.3 Å². The summed E-state index contributed by atoms with van der Waals surface area (Å²) in [4.78, 5) is 24.3. The normalized spacial score (nSPS) is 50.5. The summed E-state index contributed by atoms with van der Waals surface area (Å²) < 4.78 is 0. The van der Waals surface area contributed by atoms with Crippen molar-refractivity contribution in [3.05, 3.63) is 11.6 Å². The van der Waals surface area contributed by atoms with Crippen molar-refractivity contribution in [2.45, 2.75) is 70.5 Å². The number of aliphatic hydroxyl groups excluding tert-OH is 2. The molecule has 144 valence electrons. The predicted octanol–water partition coefficient (Wildman–Crippen LogP) is 1.78. The summed E-state index contributed by atoms with van der Waals surface area (Å²) in [5.74, 6) is 0.0430. The molecule has 0 heterocycles. The molecule has 0 aromatic carbocycles. The van der Waals surface area contributed by atoms with Crippen LogP contribution in [0.4, 0.5) is 0 Å². The molecule has 4 aliphatic rings. The molecule has 0 bridgehead atoms. The Morgan fingerprint density at radius 1 is 1.19 bits per heavy atom. The Morgan fingerprint density at radius 2 is 1.88 bits per heavy atom. The maximum atomic E-state index is 12.4. The average molecular weight is 362 g/mol. The molecule has 0 radical (unpaired) electrons. The van der Waals surface area contributed by atoms with Gasteiger partial charge in [0.15, 0.2) is 11.6 Å². The summed E-state index contributed by atoms with van der Waals surface area (Å²) in [5.41, 5.74) is -1.07. The van der Waals surface area contributed by atoms with Crippen LogP contribution in [0, 0.1) is 28.6 Å². The van der Waals surface area contributed by atoms with Gasteiger partial charge in [0.2, 0.25) is 0 Å². The Bertz CT molecular complexity index is 684. The molecular formula is C21H30O5. The highest BCUT2D eigenvalue weighted by Crippen LogP contribution is 2.67. The first-order chi connectivity index (χ1) is 12.2. The van der Waals surface area contributed by atoms with E-state index in [1.165, 1.54) is 0 Å². The fraction of sp³-hybridized carbons (Fsp3) is 0.810. The quantitative estimate of drug-likeness (QED) is 0.696. The van der Waals surface area contributed by atoms with E-state index in [2.05, 4.69) is 6.92 Å². The van der Waals surface area contributed by atoms with Crippen LogP contribution < -0.4 is 0 Å². The van der Waals surface area contributed by atoms with Gasteiger partial charge in [-0.25, -0.2) is 0 Å². The Hall–Kier alpha value is -1.04. The molecule has 5 nitrogen and oxygen atoms in total. The standard InChI is InChI=1S/C21H30O5/c1-19-6-3-13(23)9-12(19)10-16(24)18-14(19)4-7-20(2)15(18)5-8-21(20,26)17(25)11-22/h9,14-16,18,22,24,26H,3-8,10-11H2,1-2H3/t14-,15-,16?,18-,19-,20-,21-/m0/s1. The van der Waals surface area contributed by atoms with E-state index in [0.29, 0.717) is 32.1 Å². The van der Waals surface area contributed by atoms with Crippen LogP contribution in [-0.4, -0.2) is 45.2 Å². The van der Waals surface area contributed by atoms with Crippen LogP contribution in [0.5, 0.6) is 0 Å². The van der Waals surface area contributed by atoms with Gasteiger partial charge >= 0.3 is 0 Å². The highest BCUT2D eigenvalue weighted by atomic mass is 16.3. The predicted molar refractivity (Wildman–Crippen MR) is 95.1 cm³/mol. The van der Waals surface area contributed by atoms with Crippen molar-refractivity contribution in [2.24, 2.45) is 28.6 Å². The molecule has 0 saturated heterocycles. The summed E-state index contributed by atoms with van der Waals surface area (Å²) in [7, 11) is 0. The van der Waals surface area contributed by atoms with Gasteiger partial charge in [-0.1, -0.05) is 19.4 Å². The number of Topliss-reactive ketones (excluding diaryl/α,β-unsaturated/α-hetero) is 1. The first kappa shape index (κ1) is 18.3. The summed E-state index contributed by atoms with van der Waals surface area (Å²) in [6.07, 6.45) is 5.73. The summed E-state index contributed by atoms with van der Waals surface area (Å²) in [6.45, 7) is 3.57. The van der Waals surface area contributed by atoms with Gasteiger partial charge in [0.25, 0.3) is 0 Å². The fourth-order valence-corrected chi connectivity index (χ4v) is 7.13. The van der Waals surface area contributed by atoms with Gasteiger partial charge in [-0.3, -0.25) is 9.59 Å². The van der Waals surface area contributed by atoms with Crippen LogP contribution in [0.2, 0.25) is 0 Å². The van der Waals surface area contributed by atoms with E-state index in [9.17, 15) is 24.9 Å². The van der Waals surface area contributed by atoms with Gasteiger partial charge in [-0.15, -0.1) is 0 Å².